The maximum atomic E-state index is 6.25. The van der Waals surface area contributed by atoms with Crippen molar-refractivity contribution in [3.8, 4) is 5.75 Å². The number of hydrogen-bond acceptors (Lipinski definition) is 2. The van der Waals surface area contributed by atoms with E-state index in [9.17, 15) is 0 Å². The first-order chi connectivity index (χ1) is 8.09. The summed E-state index contributed by atoms with van der Waals surface area (Å²) in [6, 6.07) is 5.26. The molecule has 2 N–H and O–H groups in total. The molecule has 0 aromatic heterocycles. The normalized spacial score (nSPS) is 18.3. The van der Waals surface area contributed by atoms with E-state index in [1.54, 1.807) is 18.2 Å². The van der Waals surface area contributed by atoms with Crippen LogP contribution in [0.2, 0.25) is 10.0 Å². The van der Waals surface area contributed by atoms with Gasteiger partial charge in [-0.25, -0.2) is 0 Å². The van der Waals surface area contributed by atoms with Crippen molar-refractivity contribution in [2.24, 2.45) is 5.73 Å². The molecule has 1 saturated carbocycles. The minimum Gasteiger partial charge on any atom is -0.492 e. The number of benzene rings is 1. The van der Waals surface area contributed by atoms with E-state index < -0.39 is 0 Å². The molecule has 2 rings (SSSR count). The summed E-state index contributed by atoms with van der Waals surface area (Å²) in [6.45, 7) is 0.609. The molecule has 0 heterocycles. The molecule has 0 saturated heterocycles. The number of halogens is 2. The van der Waals surface area contributed by atoms with Crippen LogP contribution in [0.5, 0.6) is 5.75 Å². The van der Waals surface area contributed by atoms with Crippen molar-refractivity contribution in [3.63, 3.8) is 0 Å². The molecule has 0 bridgehead atoms. The largest absolute Gasteiger partial charge is 0.492 e. The first-order valence-corrected chi connectivity index (χ1v) is 6.71. The minimum absolute atomic E-state index is 0.0289. The number of nitrogens with two attached hydrogens (primary N) is 1. The molecule has 1 aromatic rings. The van der Waals surface area contributed by atoms with Gasteiger partial charge in [0.15, 0.2) is 0 Å². The van der Waals surface area contributed by atoms with Crippen LogP contribution in [-0.2, 0) is 0 Å². The smallest absolute Gasteiger partial charge is 0.137 e. The molecule has 94 valence electrons. The van der Waals surface area contributed by atoms with Gasteiger partial charge in [-0.15, -0.1) is 0 Å². The molecule has 0 spiro atoms. The zero-order valence-corrected chi connectivity index (χ0v) is 11.2. The van der Waals surface area contributed by atoms with Gasteiger partial charge < -0.3 is 10.5 Å². The second kappa shape index (κ2) is 5.47. The lowest BCUT2D eigenvalue weighted by molar-refractivity contribution is 0.258. The molecule has 0 amide bonds. The topological polar surface area (TPSA) is 35.2 Å². The molecule has 1 fully saturated rings. The van der Waals surface area contributed by atoms with Crippen LogP contribution in [0.3, 0.4) is 0 Å². The van der Waals surface area contributed by atoms with Crippen molar-refractivity contribution in [3.05, 3.63) is 28.2 Å². The molecule has 2 nitrogen and oxygen atoms in total. The Labute approximate surface area is 112 Å². The maximum Gasteiger partial charge on any atom is 0.137 e. The lowest BCUT2D eigenvalue weighted by Crippen LogP contribution is -2.37. The van der Waals surface area contributed by atoms with Crippen LogP contribution in [-0.4, -0.2) is 12.1 Å². The summed E-state index contributed by atoms with van der Waals surface area (Å²) in [4.78, 5) is 0. The summed E-state index contributed by atoms with van der Waals surface area (Å²) in [5.41, 5.74) is 6.22. The predicted octanol–water partition coefficient (Wildman–Crippen LogP) is 4.03. The van der Waals surface area contributed by atoms with Gasteiger partial charge in [-0.2, -0.15) is 0 Å². The van der Waals surface area contributed by atoms with Gasteiger partial charge in [0.25, 0.3) is 0 Å². The Balaban J connectivity index is 1.85. The van der Waals surface area contributed by atoms with E-state index in [4.69, 9.17) is 33.7 Å². The fourth-order valence-corrected chi connectivity index (χ4v) is 2.75. The Kier molecular flexibility index (Phi) is 4.18. The SMILES string of the molecule is NC1(CCOc2ccc(Cl)cc2Cl)CCCC1. The summed E-state index contributed by atoms with van der Waals surface area (Å²) in [5, 5.41) is 1.17. The molecule has 0 radical (unpaired) electrons. The zero-order chi connectivity index (χ0) is 12.3. The summed E-state index contributed by atoms with van der Waals surface area (Å²) in [6.07, 6.45) is 5.55. The third-order valence-electron chi connectivity index (χ3n) is 3.35. The van der Waals surface area contributed by atoms with Crippen LogP contribution in [0.15, 0.2) is 18.2 Å². The quantitative estimate of drug-likeness (QED) is 0.899. The van der Waals surface area contributed by atoms with Crippen molar-refractivity contribution < 1.29 is 4.74 Å². The molecular formula is C13H17Cl2NO. The Hall–Kier alpha value is -0.440. The minimum atomic E-state index is -0.0289. The third-order valence-corrected chi connectivity index (χ3v) is 3.88. The first-order valence-electron chi connectivity index (χ1n) is 5.96. The molecule has 0 unspecified atom stereocenters. The summed E-state index contributed by atoms with van der Waals surface area (Å²) in [7, 11) is 0. The van der Waals surface area contributed by atoms with E-state index in [1.165, 1.54) is 12.8 Å². The van der Waals surface area contributed by atoms with Gasteiger partial charge in [-0.1, -0.05) is 36.0 Å². The van der Waals surface area contributed by atoms with Gasteiger partial charge in [0.1, 0.15) is 5.75 Å². The van der Waals surface area contributed by atoms with Gasteiger partial charge in [-0.05, 0) is 37.5 Å². The van der Waals surface area contributed by atoms with Crippen molar-refractivity contribution >= 4 is 23.2 Å². The fourth-order valence-electron chi connectivity index (χ4n) is 2.29. The number of hydrogen-bond donors (Lipinski definition) is 1. The van der Waals surface area contributed by atoms with E-state index in [2.05, 4.69) is 0 Å². The van der Waals surface area contributed by atoms with Crippen molar-refractivity contribution in [2.75, 3.05) is 6.61 Å². The van der Waals surface area contributed by atoms with E-state index in [0.29, 0.717) is 22.4 Å². The Bertz CT molecular complexity index is 389. The Morgan fingerprint density at radius 2 is 1.94 bits per heavy atom. The van der Waals surface area contributed by atoms with Gasteiger partial charge in [0, 0.05) is 10.6 Å². The molecular weight excluding hydrogens is 257 g/mol. The fraction of sp³-hybridized carbons (Fsp3) is 0.538. The van der Waals surface area contributed by atoms with Crippen LogP contribution in [0.1, 0.15) is 32.1 Å². The zero-order valence-electron chi connectivity index (χ0n) is 9.72. The Morgan fingerprint density at radius 3 is 2.59 bits per heavy atom. The highest BCUT2D eigenvalue weighted by Gasteiger charge is 2.28. The third kappa shape index (κ3) is 3.51. The van der Waals surface area contributed by atoms with Gasteiger partial charge in [0.2, 0.25) is 0 Å². The average molecular weight is 274 g/mol. The van der Waals surface area contributed by atoms with Crippen molar-refractivity contribution in [1.82, 2.24) is 0 Å². The van der Waals surface area contributed by atoms with Crippen LogP contribution in [0.25, 0.3) is 0 Å². The summed E-state index contributed by atoms with van der Waals surface area (Å²) in [5.74, 6) is 0.678. The van der Waals surface area contributed by atoms with Gasteiger partial charge in [0.05, 0.1) is 11.6 Å². The van der Waals surface area contributed by atoms with E-state index in [-0.39, 0.29) is 5.54 Å². The molecule has 0 aliphatic heterocycles. The molecule has 17 heavy (non-hydrogen) atoms. The first kappa shape index (κ1) is 13.0. The van der Waals surface area contributed by atoms with Crippen LogP contribution in [0, 0.1) is 0 Å². The number of ether oxygens (including phenoxy) is 1. The highest BCUT2D eigenvalue weighted by molar-refractivity contribution is 6.35. The molecule has 1 aliphatic carbocycles. The van der Waals surface area contributed by atoms with E-state index in [1.807, 2.05) is 0 Å². The second-order valence-corrected chi connectivity index (χ2v) is 5.59. The predicted molar refractivity (Wildman–Crippen MR) is 72.0 cm³/mol. The monoisotopic (exact) mass is 273 g/mol. The van der Waals surface area contributed by atoms with Crippen molar-refractivity contribution in [2.45, 2.75) is 37.6 Å². The van der Waals surface area contributed by atoms with Gasteiger partial charge in [-0.3, -0.25) is 0 Å². The Morgan fingerprint density at radius 1 is 1.24 bits per heavy atom. The highest BCUT2D eigenvalue weighted by Crippen LogP contribution is 2.31. The lowest BCUT2D eigenvalue weighted by Gasteiger charge is -2.23. The molecule has 1 aromatic carbocycles. The van der Waals surface area contributed by atoms with Crippen LogP contribution < -0.4 is 10.5 Å². The molecule has 4 heteroatoms. The summed E-state index contributed by atoms with van der Waals surface area (Å²) < 4.78 is 5.65. The molecule has 1 aliphatic rings. The van der Waals surface area contributed by atoms with Gasteiger partial charge >= 0.3 is 0 Å². The van der Waals surface area contributed by atoms with Crippen LogP contribution in [0.4, 0.5) is 0 Å². The maximum absolute atomic E-state index is 6.25. The van der Waals surface area contributed by atoms with Crippen LogP contribution >= 0.6 is 23.2 Å². The molecule has 0 atom stereocenters. The number of rotatable bonds is 4. The lowest BCUT2D eigenvalue weighted by atomic mass is 9.95. The second-order valence-electron chi connectivity index (χ2n) is 4.74. The van der Waals surface area contributed by atoms with E-state index in [0.717, 1.165) is 19.3 Å². The van der Waals surface area contributed by atoms with E-state index >= 15 is 0 Å². The standard InChI is InChI=1S/C13H17Cl2NO/c14-10-3-4-12(11(15)9-10)17-8-7-13(16)5-1-2-6-13/h3-4,9H,1-2,5-8,16H2. The highest BCUT2D eigenvalue weighted by atomic mass is 35.5. The average Bonchev–Trinajstić information content (AvgIpc) is 2.69. The van der Waals surface area contributed by atoms with Crippen molar-refractivity contribution in [1.29, 1.82) is 0 Å². The summed E-state index contributed by atoms with van der Waals surface area (Å²) >= 11 is 11.8.